The third-order valence-corrected chi connectivity index (χ3v) is 5.05. The molecule has 3 nitrogen and oxygen atoms in total. The Bertz CT molecular complexity index is 886. The molecule has 0 unspecified atom stereocenters. The van der Waals surface area contributed by atoms with Gasteiger partial charge in [-0.05, 0) is 31.2 Å². The number of aliphatic hydroxyl groups excluding tert-OH is 1. The van der Waals surface area contributed by atoms with Crippen molar-refractivity contribution in [1.82, 2.24) is 4.98 Å². The van der Waals surface area contributed by atoms with E-state index in [1.165, 1.54) is 5.41 Å². The van der Waals surface area contributed by atoms with E-state index in [1.807, 2.05) is 0 Å². The summed E-state index contributed by atoms with van der Waals surface area (Å²) in [5.74, 6) is -0.0902. The lowest BCUT2D eigenvalue weighted by atomic mass is 9.90. The van der Waals surface area contributed by atoms with Gasteiger partial charge in [-0.3, -0.25) is 0 Å². The Morgan fingerprint density at radius 1 is 1.19 bits per heavy atom. The van der Waals surface area contributed by atoms with E-state index in [0.29, 0.717) is 24.1 Å². The molecule has 1 aliphatic carbocycles. The number of nitrogens with zero attached hydrogens (tertiary/aromatic N) is 2. The Morgan fingerprint density at radius 2 is 1.88 bits per heavy atom. The number of hydrogen-bond donors (Lipinski definition) is 1. The second kappa shape index (κ2) is 7.42. The van der Waals surface area contributed by atoms with Gasteiger partial charge in [-0.15, -0.1) is 0 Å². The first-order chi connectivity index (χ1) is 12.4. The van der Waals surface area contributed by atoms with Gasteiger partial charge in [0.05, 0.1) is 11.1 Å². The van der Waals surface area contributed by atoms with Gasteiger partial charge in [-0.2, -0.15) is 18.4 Å². The van der Waals surface area contributed by atoms with Crippen molar-refractivity contribution < 1.29 is 18.3 Å². The number of nitriles is 1. The first-order valence-electron chi connectivity index (χ1n) is 8.06. The van der Waals surface area contributed by atoms with Gasteiger partial charge in [0.2, 0.25) is 0 Å². The highest BCUT2D eigenvalue weighted by Gasteiger charge is 2.39. The molecule has 0 bridgehead atoms. The quantitative estimate of drug-likeness (QED) is 0.568. The molecule has 0 spiro atoms. The van der Waals surface area contributed by atoms with E-state index >= 15 is 0 Å². The van der Waals surface area contributed by atoms with Gasteiger partial charge in [0.15, 0.2) is 0 Å². The monoisotopic (exact) mass is 376 g/mol. The highest BCUT2D eigenvalue weighted by Crippen LogP contribution is 2.41. The van der Waals surface area contributed by atoms with Crippen LogP contribution in [-0.4, -0.2) is 10.1 Å². The predicted octanol–water partition coefficient (Wildman–Crippen LogP) is 5.50. The fourth-order valence-corrected chi connectivity index (χ4v) is 3.80. The molecule has 0 saturated carbocycles. The number of pyridine rings is 1. The summed E-state index contributed by atoms with van der Waals surface area (Å²) in [6, 6.07) is 10.3. The third-order valence-electron chi connectivity index (χ3n) is 4.19. The van der Waals surface area contributed by atoms with Crippen LogP contribution in [0.5, 0.6) is 0 Å². The van der Waals surface area contributed by atoms with Gasteiger partial charge in [0.1, 0.15) is 16.9 Å². The molecule has 2 aromatic rings. The minimum atomic E-state index is -4.62. The van der Waals surface area contributed by atoms with Crippen LogP contribution in [0.25, 0.3) is 5.76 Å². The van der Waals surface area contributed by atoms with Gasteiger partial charge >= 0.3 is 6.18 Å². The molecule has 0 amide bonds. The van der Waals surface area contributed by atoms with Gasteiger partial charge in [0, 0.05) is 16.7 Å². The number of rotatable bonds is 3. The molecule has 7 heteroatoms. The molecule has 0 radical (unpaired) electrons. The van der Waals surface area contributed by atoms with Crippen molar-refractivity contribution in [2.24, 2.45) is 0 Å². The number of thioether (sulfide) groups is 1. The Morgan fingerprint density at radius 3 is 2.54 bits per heavy atom. The summed E-state index contributed by atoms with van der Waals surface area (Å²) in [6.07, 6.45) is -2.44. The normalized spacial score (nSPS) is 14.6. The van der Waals surface area contributed by atoms with E-state index in [9.17, 15) is 23.5 Å². The van der Waals surface area contributed by atoms with E-state index in [4.69, 9.17) is 0 Å². The van der Waals surface area contributed by atoms with Crippen LogP contribution in [0.4, 0.5) is 13.2 Å². The highest BCUT2D eigenvalue weighted by atomic mass is 32.2. The number of aliphatic hydroxyl groups is 1. The summed E-state index contributed by atoms with van der Waals surface area (Å²) in [4.78, 5) is 4.31. The molecule has 1 heterocycles. The second-order valence-electron chi connectivity index (χ2n) is 5.90. The van der Waals surface area contributed by atoms with Crippen LogP contribution >= 0.6 is 11.8 Å². The smallest absolute Gasteiger partial charge is 0.418 e. The average Bonchev–Trinajstić information content (AvgIpc) is 2.64. The van der Waals surface area contributed by atoms with Crippen molar-refractivity contribution in [3.63, 3.8) is 0 Å². The Labute approximate surface area is 153 Å². The molecule has 0 atom stereocenters. The van der Waals surface area contributed by atoms with Crippen LogP contribution in [0.15, 0.2) is 40.8 Å². The van der Waals surface area contributed by atoms with Crippen molar-refractivity contribution in [1.29, 1.82) is 5.26 Å². The fraction of sp³-hybridized carbons (Fsp3) is 0.263. The van der Waals surface area contributed by atoms with E-state index in [2.05, 4.69) is 4.98 Å². The topological polar surface area (TPSA) is 56.9 Å². The fourth-order valence-electron chi connectivity index (χ4n) is 3.01. The maximum Gasteiger partial charge on any atom is 0.418 e. The maximum atomic E-state index is 13.6. The van der Waals surface area contributed by atoms with Crippen LogP contribution in [0.3, 0.4) is 0 Å². The van der Waals surface area contributed by atoms with Crippen LogP contribution in [-0.2, 0) is 19.0 Å². The zero-order chi connectivity index (χ0) is 18.7. The van der Waals surface area contributed by atoms with Gasteiger partial charge < -0.3 is 5.11 Å². The van der Waals surface area contributed by atoms with Crippen LogP contribution in [0.1, 0.15) is 40.8 Å². The number of halogens is 3. The summed E-state index contributed by atoms with van der Waals surface area (Å²) in [6.45, 7) is 0. The number of fused-ring (bicyclic) bond motifs is 1. The first-order valence-corrected chi connectivity index (χ1v) is 8.94. The Balaban J connectivity index is 2.06. The van der Waals surface area contributed by atoms with Crippen LogP contribution in [0.2, 0.25) is 0 Å². The summed E-state index contributed by atoms with van der Waals surface area (Å²) in [7, 11) is 0. The highest BCUT2D eigenvalue weighted by molar-refractivity contribution is 8.02. The second-order valence-corrected chi connectivity index (χ2v) is 6.75. The average molecular weight is 376 g/mol. The van der Waals surface area contributed by atoms with Crippen molar-refractivity contribution in [2.75, 3.05) is 0 Å². The van der Waals surface area contributed by atoms with Crippen molar-refractivity contribution in [2.45, 2.75) is 36.9 Å². The maximum absolute atomic E-state index is 13.6. The number of aryl methyl sites for hydroxylation is 1. The van der Waals surface area contributed by atoms with Crippen LogP contribution in [0, 0.1) is 11.3 Å². The molecule has 0 saturated heterocycles. The van der Waals surface area contributed by atoms with E-state index in [0.717, 1.165) is 18.2 Å². The van der Waals surface area contributed by atoms with E-state index < -0.39 is 17.3 Å². The van der Waals surface area contributed by atoms with Gasteiger partial charge in [-0.25, -0.2) is 4.98 Å². The zero-order valence-corrected chi connectivity index (χ0v) is 14.5. The lowest BCUT2D eigenvalue weighted by molar-refractivity contribution is -0.138. The molecule has 3 rings (SSSR count). The predicted molar refractivity (Wildman–Crippen MR) is 93.5 cm³/mol. The molecule has 134 valence electrons. The minimum absolute atomic E-state index is 0.0250. The molecular formula is C19H15F3N2OS. The SMILES string of the molecule is N#Cc1c(SC=C(O)c2ccccc2)nc2c(c1C(F)(F)F)CCCC2. The lowest BCUT2D eigenvalue weighted by Gasteiger charge is -2.22. The first kappa shape index (κ1) is 18.3. The van der Waals surface area contributed by atoms with Crippen molar-refractivity contribution >= 4 is 17.5 Å². The summed E-state index contributed by atoms with van der Waals surface area (Å²) in [5.41, 5.74) is -0.272. The van der Waals surface area contributed by atoms with E-state index in [-0.39, 0.29) is 22.8 Å². The summed E-state index contributed by atoms with van der Waals surface area (Å²) in [5, 5.41) is 20.8. The van der Waals surface area contributed by atoms with Crippen molar-refractivity contribution in [3.8, 4) is 6.07 Å². The molecular weight excluding hydrogens is 361 g/mol. The molecule has 1 aliphatic rings. The van der Waals surface area contributed by atoms with Gasteiger partial charge in [0.25, 0.3) is 0 Å². The molecule has 1 aromatic heterocycles. The molecule has 1 aromatic carbocycles. The molecule has 1 N–H and O–H groups in total. The third kappa shape index (κ3) is 3.70. The van der Waals surface area contributed by atoms with Crippen LogP contribution < -0.4 is 0 Å². The Kier molecular flexibility index (Phi) is 5.23. The summed E-state index contributed by atoms with van der Waals surface area (Å²) >= 11 is 0.832. The molecule has 0 aliphatic heterocycles. The summed E-state index contributed by atoms with van der Waals surface area (Å²) < 4.78 is 40.8. The van der Waals surface area contributed by atoms with Gasteiger partial charge in [-0.1, -0.05) is 42.1 Å². The standard InChI is InChI=1S/C19H15F3N2OS/c20-19(21,22)17-13-8-4-5-9-15(13)24-18(14(17)10-23)26-11-16(25)12-6-2-1-3-7-12/h1-3,6-7,11,25H,4-5,8-9H2. The minimum Gasteiger partial charge on any atom is -0.507 e. The Hall–Kier alpha value is -2.46. The number of benzene rings is 1. The number of alkyl halides is 3. The molecule has 0 fully saturated rings. The zero-order valence-electron chi connectivity index (χ0n) is 13.7. The van der Waals surface area contributed by atoms with E-state index in [1.54, 1.807) is 36.4 Å². The van der Waals surface area contributed by atoms with Crippen molar-refractivity contribution in [3.05, 3.63) is 63.7 Å². The molecule has 26 heavy (non-hydrogen) atoms. The largest absolute Gasteiger partial charge is 0.507 e. The number of hydrogen-bond acceptors (Lipinski definition) is 4. The number of aromatic nitrogens is 1. The lowest BCUT2D eigenvalue weighted by Crippen LogP contribution is -2.19.